The van der Waals surface area contributed by atoms with Crippen molar-refractivity contribution in [1.29, 1.82) is 0 Å². The third kappa shape index (κ3) is 5.19. The average molecular weight is 388 g/mol. The molecule has 1 aliphatic heterocycles. The van der Waals surface area contributed by atoms with E-state index in [0.29, 0.717) is 6.54 Å². The number of amides is 1. The van der Waals surface area contributed by atoms with E-state index in [9.17, 15) is 4.79 Å². The Hall–Kier alpha value is -1.11. The summed E-state index contributed by atoms with van der Waals surface area (Å²) in [7, 11) is 0. The lowest BCUT2D eigenvalue weighted by Crippen LogP contribution is -2.48. The summed E-state index contributed by atoms with van der Waals surface area (Å²) < 4.78 is 0. The van der Waals surface area contributed by atoms with Gasteiger partial charge in [0.1, 0.15) is 0 Å². The van der Waals surface area contributed by atoms with Crippen molar-refractivity contribution in [3.63, 3.8) is 0 Å². The number of carbonyl (C=O) groups is 1. The maximum atomic E-state index is 12.5. The van der Waals surface area contributed by atoms with Gasteiger partial charge in [-0.2, -0.15) is 0 Å². The largest absolute Gasteiger partial charge is 0.336 e. The Balaban J connectivity index is 0.00000144. The topological polar surface area (TPSA) is 49.6 Å². The Morgan fingerprint density at radius 1 is 1.04 bits per heavy atom. The molecule has 1 amide bonds. The van der Waals surface area contributed by atoms with E-state index in [1.807, 2.05) is 29.2 Å². The summed E-state index contributed by atoms with van der Waals surface area (Å²) in [6, 6.07) is 11.9. The Bertz CT molecular complexity index is 611. The minimum absolute atomic E-state index is 0. The summed E-state index contributed by atoms with van der Waals surface area (Å²) in [6.07, 6.45) is 0. The number of benzene rings is 1. The number of nitrogens with two attached hydrogens (primary N) is 1. The van der Waals surface area contributed by atoms with Crippen LogP contribution in [0.4, 0.5) is 0 Å². The van der Waals surface area contributed by atoms with Crippen molar-refractivity contribution in [3.05, 3.63) is 57.8 Å². The summed E-state index contributed by atoms with van der Waals surface area (Å²) in [5.74, 6) is 0.124. The van der Waals surface area contributed by atoms with Crippen LogP contribution in [0, 0.1) is 0 Å². The van der Waals surface area contributed by atoms with Crippen LogP contribution in [0.3, 0.4) is 0 Å². The maximum absolute atomic E-state index is 12.5. The van der Waals surface area contributed by atoms with Gasteiger partial charge in [-0.15, -0.1) is 36.2 Å². The highest BCUT2D eigenvalue weighted by molar-refractivity contribution is 7.09. The predicted octanol–water partition coefficient (Wildman–Crippen LogP) is 3.01. The van der Waals surface area contributed by atoms with Gasteiger partial charge in [-0.25, -0.2) is 0 Å². The van der Waals surface area contributed by atoms with E-state index < -0.39 is 0 Å². The number of nitrogens with zero attached hydrogens (tertiary/aromatic N) is 2. The quantitative estimate of drug-likeness (QED) is 0.876. The smallest absolute Gasteiger partial charge is 0.253 e. The van der Waals surface area contributed by atoms with Crippen molar-refractivity contribution < 1.29 is 4.79 Å². The second-order valence-electron chi connectivity index (χ2n) is 5.55. The standard InChI is InChI=1S/C17H21N3OS.2ClH/c18-12-14-3-5-15(6-4-14)17(21)20-9-7-19(8-10-20)13-16-2-1-11-22-16;;/h1-6,11H,7-10,12-13,18H2;2*1H. The highest BCUT2D eigenvalue weighted by Crippen LogP contribution is 2.15. The summed E-state index contributed by atoms with van der Waals surface area (Å²) in [5, 5.41) is 2.11. The first-order valence-corrected chi connectivity index (χ1v) is 8.47. The Labute approximate surface area is 159 Å². The summed E-state index contributed by atoms with van der Waals surface area (Å²) in [5.41, 5.74) is 7.40. The molecule has 1 fully saturated rings. The molecule has 24 heavy (non-hydrogen) atoms. The zero-order valence-corrected chi connectivity index (χ0v) is 15.8. The lowest BCUT2D eigenvalue weighted by Gasteiger charge is -2.34. The van der Waals surface area contributed by atoms with Gasteiger partial charge in [0.05, 0.1) is 0 Å². The van der Waals surface area contributed by atoms with E-state index >= 15 is 0 Å². The summed E-state index contributed by atoms with van der Waals surface area (Å²) >= 11 is 1.79. The van der Waals surface area contributed by atoms with Gasteiger partial charge in [0.25, 0.3) is 5.91 Å². The monoisotopic (exact) mass is 387 g/mol. The minimum Gasteiger partial charge on any atom is -0.336 e. The zero-order chi connectivity index (χ0) is 15.4. The maximum Gasteiger partial charge on any atom is 0.253 e. The van der Waals surface area contributed by atoms with Crippen LogP contribution >= 0.6 is 36.2 Å². The third-order valence-corrected chi connectivity index (χ3v) is 4.92. The molecule has 7 heteroatoms. The van der Waals surface area contributed by atoms with Crippen LogP contribution in [0.1, 0.15) is 20.8 Å². The number of halogens is 2. The lowest BCUT2D eigenvalue weighted by atomic mass is 10.1. The molecule has 1 saturated heterocycles. The number of rotatable bonds is 4. The number of hydrogen-bond donors (Lipinski definition) is 1. The van der Waals surface area contributed by atoms with E-state index in [2.05, 4.69) is 22.4 Å². The molecule has 0 unspecified atom stereocenters. The van der Waals surface area contributed by atoms with Crippen molar-refractivity contribution >= 4 is 42.1 Å². The van der Waals surface area contributed by atoms with Crippen LogP contribution in [0.5, 0.6) is 0 Å². The second-order valence-corrected chi connectivity index (χ2v) is 6.58. The molecule has 132 valence electrons. The fraction of sp³-hybridized carbons (Fsp3) is 0.353. The van der Waals surface area contributed by atoms with E-state index in [1.54, 1.807) is 11.3 Å². The fourth-order valence-corrected chi connectivity index (χ4v) is 3.44. The minimum atomic E-state index is 0. The lowest BCUT2D eigenvalue weighted by molar-refractivity contribution is 0.0629. The molecular weight excluding hydrogens is 365 g/mol. The van der Waals surface area contributed by atoms with Gasteiger partial charge < -0.3 is 10.6 Å². The Morgan fingerprint density at radius 2 is 1.71 bits per heavy atom. The molecule has 1 aliphatic rings. The number of hydrogen-bond acceptors (Lipinski definition) is 4. The molecule has 0 aliphatic carbocycles. The van der Waals surface area contributed by atoms with Crippen molar-refractivity contribution in [3.8, 4) is 0 Å². The molecule has 0 saturated carbocycles. The highest BCUT2D eigenvalue weighted by Gasteiger charge is 2.22. The van der Waals surface area contributed by atoms with Crippen LogP contribution in [0.2, 0.25) is 0 Å². The predicted molar refractivity (Wildman–Crippen MR) is 104 cm³/mol. The fourth-order valence-electron chi connectivity index (χ4n) is 2.70. The molecule has 2 N–H and O–H groups in total. The van der Waals surface area contributed by atoms with Gasteiger partial charge in [0, 0.05) is 49.7 Å². The SMILES string of the molecule is Cl.Cl.NCc1ccc(C(=O)N2CCN(Cc3cccs3)CC2)cc1. The van der Waals surface area contributed by atoms with Crippen molar-refractivity contribution in [2.75, 3.05) is 26.2 Å². The van der Waals surface area contributed by atoms with E-state index in [-0.39, 0.29) is 30.7 Å². The molecule has 0 bridgehead atoms. The van der Waals surface area contributed by atoms with Gasteiger partial charge >= 0.3 is 0 Å². The molecular formula is C17H23Cl2N3OS. The summed E-state index contributed by atoms with van der Waals surface area (Å²) in [6.45, 7) is 4.96. The van der Waals surface area contributed by atoms with Crippen LogP contribution in [0.25, 0.3) is 0 Å². The first-order chi connectivity index (χ1) is 10.8. The van der Waals surface area contributed by atoms with Crippen molar-refractivity contribution in [2.45, 2.75) is 13.1 Å². The van der Waals surface area contributed by atoms with Crippen molar-refractivity contribution in [2.24, 2.45) is 5.73 Å². The third-order valence-electron chi connectivity index (χ3n) is 4.06. The summed E-state index contributed by atoms with van der Waals surface area (Å²) in [4.78, 5) is 18.2. The van der Waals surface area contributed by atoms with Gasteiger partial charge in [-0.1, -0.05) is 18.2 Å². The molecule has 3 rings (SSSR count). The second kappa shape index (κ2) is 10.0. The van der Waals surface area contributed by atoms with Gasteiger partial charge in [-0.3, -0.25) is 9.69 Å². The molecule has 0 spiro atoms. The Morgan fingerprint density at radius 3 is 2.25 bits per heavy atom. The zero-order valence-electron chi connectivity index (χ0n) is 13.4. The molecule has 1 aromatic heterocycles. The molecule has 4 nitrogen and oxygen atoms in total. The normalized spacial score (nSPS) is 14.6. The Kier molecular flexibility index (Phi) is 8.73. The van der Waals surface area contributed by atoms with E-state index in [4.69, 9.17) is 5.73 Å². The van der Waals surface area contributed by atoms with Crippen LogP contribution in [-0.4, -0.2) is 41.9 Å². The van der Waals surface area contributed by atoms with Gasteiger partial charge in [0.2, 0.25) is 0 Å². The van der Waals surface area contributed by atoms with Gasteiger partial charge in [0.15, 0.2) is 0 Å². The van der Waals surface area contributed by atoms with Crippen LogP contribution < -0.4 is 5.73 Å². The molecule has 0 radical (unpaired) electrons. The van der Waals surface area contributed by atoms with Crippen LogP contribution in [0.15, 0.2) is 41.8 Å². The van der Waals surface area contributed by atoms with Crippen molar-refractivity contribution in [1.82, 2.24) is 9.80 Å². The van der Waals surface area contributed by atoms with E-state index in [0.717, 1.165) is 43.9 Å². The number of thiophene rings is 1. The average Bonchev–Trinajstić information content (AvgIpc) is 3.08. The van der Waals surface area contributed by atoms with Gasteiger partial charge in [-0.05, 0) is 29.1 Å². The molecule has 0 atom stereocenters. The highest BCUT2D eigenvalue weighted by atomic mass is 35.5. The van der Waals surface area contributed by atoms with E-state index in [1.165, 1.54) is 4.88 Å². The number of piperazine rings is 1. The molecule has 1 aromatic carbocycles. The molecule has 2 aromatic rings. The first kappa shape index (κ1) is 20.9. The van der Waals surface area contributed by atoms with Crippen LogP contribution in [-0.2, 0) is 13.1 Å². The number of carbonyl (C=O) groups excluding carboxylic acids is 1. The molecule has 2 heterocycles. The first-order valence-electron chi connectivity index (χ1n) is 7.59.